The molecule has 3 nitrogen and oxygen atoms in total. The molecule has 2 N–H and O–H groups in total. The number of benzene rings is 1. The van der Waals surface area contributed by atoms with Crippen LogP contribution in [0.1, 0.15) is 11.1 Å². The second kappa shape index (κ2) is 3.47. The Kier molecular flexibility index (Phi) is 2.73. The van der Waals surface area contributed by atoms with Gasteiger partial charge >= 0.3 is 0 Å². The molecule has 0 amide bonds. The van der Waals surface area contributed by atoms with E-state index in [0.29, 0.717) is 11.4 Å². The molecule has 0 aliphatic rings. The summed E-state index contributed by atoms with van der Waals surface area (Å²) >= 11 is 0. The maximum absolute atomic E-state index is 11.2. The third kappa shape index (κ3) is 2.29. The van der Waals surface area contributed by atoms with E-state index in [1.165, 1.54) is 6.26 Å². The number of rotatable bonds is 2. The molecule has 0 radical (unpaired) electrons. The van der Waals surface area contributed by atoms with Crippen LogP contribution in [0.3, 0.4) is 0 Å². The van der Waals surface area contributed by atoms with Gasteiger partial charge in [-0.1, -0.05) is 6.07 Å². The average Bonchev–Trinajstić information content (AvgIpc) is 2.03. The Bertz CT molecular complexity index is 410. The maximum atomic E-state index is 11.2. The molecule has 4 heteroatoms. The molecule has 1 aromatic rings. The summed E-state index contributed by atoms with van der Waals surface area (Å²) in [5, 5.41) is 0. The Morgan fingerprint density at radius 1 is 1.38 bits per heavy atom. The Labute approximate surface area is 78.5 Å². The summed E-state index contributed by atoms with van der Waals surface area (Å²) < 4.78 is 22.3. The highest BCUT2D eigenvalue weighted by Gasteiger charge is 2.07. The number of aryl methyl sites for hydroxylation is 1. The fraction of sp³-hybridized carbons (Fsp3) is 0.333. The van der Waals surface area contributed by atoms with Crippen molar-refractivity contribution < 1.29 is 8.42 Å². The van der Waals surface area contributed by atoms with Gasteiger partial charge in [-0.05, 0) is 30.2 Å². The SMILES string of the molecule is Cc1ccc(S(C)(=O)=O)cc1CN. The van der Waals surface area contributed by atoms with Crippen LogP contribution in [0.25, 0.3) is 0 Å². The number of hydrogen-bond donors (Lipinski definition) is 1. The molecular formula is C9H13NO2S. The molecule has 0 saturated heterocycles. The molecule has 13 heavy (non-hydrogen) atoms. The van der Waals surface area contributed by atoms with E-state index < -0.39 is 9.84 Å². The predicted octanol–water partition coefficient (Wildman–Crippen LogP) is 0.857. The fourth-order valence-corrected chi connectivity index (χ4v) is 1.77. The van der Waals surface area contributed by atoms with Gasteiger partial charge in [0.2, 0.25) is 0 Å². The summed E-state index contributed by atoms with van der Waals surface area (Å²) in [6.45, 7) is 2.28. The second-order valence-corrected chi connectivity index (χ2v) is 5.08. The lowest BCUT2D eigenvalue weighted by Crippen LogP contribution is -2.03. The van der Waals surface area contributed by atoms with E-state index in [1.54, 1.807) is 18.2 Å². The molecule has 0 heterocycles. The van der Waals surface area contributed by atoms with Crippen molar-refractivity contribution in [2.45, 2.75) is 18.4 Å². The van der Waals surface area contributed by atoms with Crippen LogP contribution in [0.4, 0.5) is 0 Å². The van der Waals surface area contributed by atoms with Crippen molar-refractivity contribution in [2.24, 2.45) is 5.73 Å². The van der Waals surface area contributed by atoms with Gasteiger partial charge in [0.25, 0.3) is 0 Å². The minimum atomic E-state index is -3.11. The van der Waals surface area contributed by atoms with Crippen molar-refractivity contribution >= 4 is 9.84 Å². The first-order valence-electron chi connectivity index (χ1n) is 3.95. The van der Waals surface area contributed by atoms with E-state index >= 15 is 0 Å². The van der Waals surface area contributed by atoms with Crippen molar-refractivity contribution in [3.05, 3.63) is 29.3 Å². The smallest absolute Gasteiger partial charge is 0.175 e. The molecule has 0 spiro atoms. The highest BCUT2D eigenvalue weighted by molar-refractivity contribution is 7.90. The molecule has 0 atom stereocenters. The van der Waals surface area contributed by atoms with Crippen LogP contribution >= 0.6 is 0 Å². The largest absolute Gasteiger partial charge is 0.326 e. The highest BCUT2D eigenvalue weighted by atomic mass is 32.2. The van der Waals surface area contributed by atoms with E-state index in [9.17, 15) is 8.42 Å². The quantitative estimate of drug-likeness (QED) is 0.768. The second-order valence-electron chi connectivity index (χ2n) is 3.06. The van der Waals surface area contributed by atoms with Crippen molar-refractivity contribution in [3.8, 4) is 0 Å². The van der Waals surface area contributed by atoms with Crippen molar-refractivity contribution in [3.63, 3.8) is 0 Å². The van der Waals surface area contributed by atoms with Gasteiger partial charge in [0.1, 0.15) is 0 Å². The van der Waals surface area contributed by atoms with Crippen LogP contribution in [0.5, 0.6) is 0 Å². The summed E-state index contributed by atoms with van der Waals surface area (Å²) in [6, 6.07) is 5.01. The lowest BCUT2D eigenvalue weighted by atomic mass is 10.1. The first-order valence-corrected chi connectivity index (χ1v) is 5.84. The number of hydrogen-bond acceptors (Lipinski definition) is 3. The summed E-state index contributed by atoms with van der Waals surface area (Å²) in [7, 11) is -3.11. The lowest BCUT2D eigenvalue weighted by molar-refractivity contribution is 0.601. The molecule has 0 saturated carbocycles. The molecular weight excluding hydrogens is 186 g/mol. The Morgan fingerprint density at radius 3 is 2.46 bits per heavy atom. The van der Waals surface area contributed by atoms with Gasteiger partial charge in [-0.25, -0.2) is 8.42 Å². The number of sulfone groups is 1. The third-order valence-electron chi connectivity index (χ3n) is 1.97. The third-order valence-corrected chi connectivity index (χ3v) is 3.08. The normalized spacial score (nSPS) is 11.6. The van der Waals surface area contributed by atoms with Gasteiger partial charge in [-0.15, -0.1) is 0 Å². The van der Waals surface area contributed by atoms with E-state index in [2.05, 4.69) is 0 Å². The summed E-state index contributed by atoms with van der Waals surface area (Å²) in [5.74, 6) is 0. The fourth-order valence-electron chi connectivity index (χ4n) is 1.10. The zero-order valence-electron chi connectivity index (χ0n) is 7.74. The summed E-state index contributed by atoms with van der Waals surface area (Å²) in [6.07, 6.45) is 1.19. The van der Waals surface area contributed by atoms with Crippen molar-refractivity contribution in [1.82, 2.24) is 0 Å². The van der Waals surface area contributed by atoms with Crippen LogP contribution in [-0.2, 0) is 16.4 Å². The molecule has 0 fully saturated rings. The highest BCUT2D eigenvalue weighted by Crippen LogP contribution is 2.14. The van der Waals surface area contributed by atoms with E-state index in [-0.39, 0.29) is 0 Å². The summed E-state index contributed by atoms with van der Waals surface area (Å²) in [4.78, 5) is 0.332. The van der Waals surface area contributed by atoms with Crippen LogP contribution in [0.2, 0.25) is 0 Å². The maximum Gasteiger partial charge on any atom is 0.175 e. The zero-order chi connectivity index (χ0) is 10.1. The Balaban J connectivity index is 3.30. The van der Waals surface area contributed by atoms with Crippen molar-refractivity contribution in [1.29, 1.82) is 0 Å². The van der Waals surface area contributed by atoms with Crippen LogP contribution in [0, 0.1) is 6.92 Å². The first kappa shape index (κ1) is 10.2. The average molecular weight is 199 g/mol. The van der Waals surface area contributed by atoms with Crippen LogP contribution < -0.4 is 5.73 Å². The van der Waals surface area contributed by atoms with Gasteiger partial charge in [0.15, 0.2) is 9.84 Å². The Morgan fingerprint density at radius 2 is 2.00 bits per heavy atom. The monoisotopic (exact) mass is 199 g/mol. The minimum Gasteiger partial charge on any atom is -0.326 e. The van der Waals surface area contributed by atoms with E-state index in [0.717, 1.165) is 11.1 Å². The minimum absolute atomic E-state index is 0.332. The molecule has 72 valence electrons. The van der Waals surface area contributed by atoms with Crippen LogP contribution in [0.15, 0.2) is 23.1 Å². The topological polar surface area (TPSA) is 60.2 Å². The molecule has 0 aromatic heterocycles. The van der Waals surface area contributed by atoms with Gasteiger partial charge in [-0.3, -0.25) is 0 Å². The predicted molar refractivity (Wildman–Crippen MR) is 52.2 cm³/mol. The van der Waals surface area contributed by atoms with E-state index in [1.807, 2.05) is 6.92 Å². The van der Waals surface area contributed by atoms with Gasteiger partial charge < -0.3 is 5.73 Å². The molecule has 0 aliphatic heterocycles. The van der Waals surface area contributed by atoms with Gasteiger partial charge in [-0.2, -0.15) is 0 Å². The zero-order valence-corrected chi connectivity index (χ0v) is 8.56. The van der Waals surface area contributed by atoms with Crippen LogP contribution in [-0.4, -0.2) is 14.7 Å². The molecule has 0 bridgehead atoms. The molecule has 1 rings (SSSR count). The van der Waals surface area contributed by atoms with E-state index in [4.69, 9.17) is 5.73 Å². The van der Waals surface area contributed by atoms with Gasteiger partial charge in [0, 0.05) is 12.8 Å². The summed E-state index contributed by atoms with van der Waals surface area (Å²) in [5.41, 5.74) is 7.37. The molecule has 1 aromatic carbocycles. The Hall–Kier alpha value is -0.870. The van der Waals surface area contributed by atoms with Gasteiger partial charge in [0.05, 0.1) is 4.90 Å². The number of nitrogens with two attached hydrogens (primary N) is 1. The molecule has 0 unspecified atom stereocenters. The molecule has 0 aliphatic carbocycles. The van der Waals surface area contributed by atoms with Crippen molar-refractivity contribution in [2.75, 3.05) is 6.26 Å². The standard InChI is InChI=1S/C9H13NO2S/c1-7-3-4-9(13(2,11)12)5-8(7)6-10/h3-5H,6,10H2,1-2H3. The first-order chi connectivity index (χ1) is 5.95. The lowest BCUT2D eigenvalue weighted by Gasteiger charge is -2.04.